The molecule has 0 N–H and O–H groups in total. The summed E-state index contributed by atoms with van der Waals surface area (Å²) in [7, 11) is 0. The molecular weight excluding hydrogens is 604 g/mol. The minimum atomic E-state index is -0.914. The Labute approximate surface area is 263 Å². The monoisotopic (exact) mass is 631 g/mol. The molecule has 0 bridgehead atoms. The van der Waals surface area contributed by atoms with Crippen LogP contribution in [0.25, 0.3) is 22.2 Å². The predicted molar refractivity (Wildman–Crippen MR) is 165 cm³/mol. The highest BCUT2D eigenvalue weighted by Crippen LogP contribution is 2.52. The van der Waals surface area contributed by atoms with Gasteiger partial charge in [0, 0.05) is 17.1 Å². The molecule has 3 aromatic carbocycles. The summed E-state index contributed by atoms with van der Waals surface area (Å²) >= 11 is 12.5. The van der Waals surface area contributed by atoms with Gasteiger partial charge in [-0.1, -0.05) is 77.8 Å². The summed E-state index contributed by atoms with van der Waals surface area (Å²) in [5.41, 5.74) is 3.58. The van der Waals surface area contributed by atoms with E-state index in [1.807, 2.05) is 68.4 Å². The summed E-state index contributed by atoms with van der Waals surface area (Å²) in [5.74, 6) is -2.26. The number of fused-ring (bicyclic) bond motifs is 2. The van der Waals surface area contributed by atoms with E-state index in [2.05, 4.69) is 9.97 Å². The van der Waals surface area contributed by atoms with Crippen LogP contribution in [0.4, 0.5) is 4.39 Å². The lowest BCUT2D eigenvalue weighted by atomic mass is 9.92. The van der Waals surface area contributed by atoms with Gasteiger partial charge in [0.25, 0.3) is 0 Å². The second-order valence-corrected chi connectivity index (χ2v) is 12.4. The van der Waals surface area contributed by atoms with Gasteiger partial charge in [-0.15, -0.1) is 0 Å². The van der Waals surface area contributed by atoms with E-state index in [-0.39, 0.29) is 22.5 Å². The number of halogens is 3. The molecule has 0 spiro atoms. The van der Waals surface area contributed by atoms with Crippen LogP contribution in [0.15, 0.2) is 91.4 Å². The van der Waals surface area contributed by atoms with Gasteiger partial charge in [-0.05, 0) is 61.2 Å². The topological polar surface area (TPSA) is 75.5 Å². The molecule has 7 nitrogen and oxygen atoms in total. The lowest BCUT2D eigenvalue weighted by Gasteiger charge is -2.29. The number of ether oxygens (including phenoxy) is 3. The first kappa shape index (κ1) is 28.9. The van der Waals surface area contributed by atoms with E-state index in [1.165, 1.54) is 12.5 Å². The van der Waals surface area contributed by atoms with Crippen molar-refractivity contribution in [2.75, 3.05) is 0 Å². The molecule has 1 saturated carbocycles. The largest absolute Gasteiger partial charge is 0.453 e. The number of carbonyl (C=O) groups is 1. The van der Waals surface area contributed by atoms with Gasteiger partial charge in [-0.2, -0.15) is 0 Å². The summed E-state index contributed by atoms with van der Waals surface area (Å²) < 4.78 is 36.0. The van der Waals surface area contributed by atoms with Crippen LogP contribution in [0.5, 0.6) is 0 Å². The van der Waals surface area contributed by atoms with E-state index in [4.69, 9.17) is 37.4 Å². The molecule has 1 saturated heterocycles. The number of rotatable bonds is 6. The zero-order valence-electron chi connectivity index (χ0n) is 23.9. The zero-order chi connectivity index (χ0) is 30.6. The molecule has 0 amide bonds. The highest BCUT2D eigenvalue weighted by molar-refractivity contribution is 6.34. The molecule has 224 valence electrons. The van der Waals surface area contributed by atoms with Crippen LogP contribution >= 0.6 is 23.2 Å². The summed E-state index contributed by atoms with van der Waals surface area (Å²) in [6.07, 6.45) is 1.47. The molecule has 2 aliphatic rings. The molecule has 7 rings (SSSR count). The van der Waals surface area contributed by atoms with Crippen molar-refractivity contribution in [3.8, 4) is 11.1 Å². The highest BCUT2D eigenvalue weighted by Gasteiger charge is 2.57. The van der Waals surface area contributed by atoms with Crippen molar-refractivity contribution in [1.82, 2.24) is 14.5 Å². The number of esters is 1. The first-order valence-corrected chi connectivity index (χ1v) is 15.1. The number of hydrogen-bond acceptors (Lipinski definition) is 6. The van der Waals surface area contributed by atoms with Crippen molar-refractivity contribution in [2.24, 2.45) is 5.92 Å². The molecular formula is C34H28Cl2FN3O4. The van der Waals surface area contributed by atoms with Crippen molar-refractivity contribution >= 4 is 40.2 Å². The molecule has 5 atom stereocenters. The third kappa shape index (κ3) is 5.26. The second-order valence-electron chi connectivity index (χ2n) is 11.6. The van der Waals surface area contributed by atoms with Crippen LogP contribution in [-0.4, -0.2) is 38.5 Å². The van der Waals surface area contributed by atoms with Gasteiger partial charge >= 0.3 is 5.97 Å². The average molecular weight is 633 g/mol. The summed E-state index contributed by atoms with van der Waals surface area (Å²) in [4.78, 5) is 22.0. The zero-order valence-corrected chi connectivity index (χ0v) is 25.4. The molecule has 10 heteroatoms. The lowest BCUT2D eigenvalue weighted by Crippen LogP contribution is -2.31. The quantitative estimate of drug-likeness (QED) is 0.139. The molecule has 1 aliphatic carbocycles. The van der Waals surface area contributed by atoms with Crippen LogP contribution in [0.3, 0.4) is 0 Å². The molecule has 2 aromatic heterocycles. The van der Waals surface area contributed by atoms with Gasteiger partial charge in [0.05, 0.1) is 23.1 Å². The summed E-state index contributed by atoms with van der Waals surface area (Å²) in [5, 5.41) is 0.740. The van der Waals surface area contributed by atoms with E-state index >= 15 is 4.39 Å². The number of carbonyl (C=O) groups excluding carboxylic acids is 1. The Morgan fingerprint density at radius 1 is 0.955 bits per heavy atom. The van der Waals surface area contributed by atoms with Gasteiger partial charge in [0.2, 0.25) is 0 Å². The minimum Gasteiger partial charge on any atom is -0.453 e. The van der Waals surface area contributed by atoms with Gasteiger partial charge in [0.15, 0.2) is 11.6 Å². The SMILES string of the molecule is CC1(C)O[C@@H]2[C@@H]([C@H](OC(=O)c3ccc(-c4ccccc4)cc3)c3ccc(Cl)cc3)C[C@@H](n3cc(F)c4c(Cl)ncnc43)[C@@H]2O1. The van der Waals surface area contributed by atoms with Crippen molar-refractivity contribution in [3.63, 3.8) is 0 Å². The normalized spacial score (nSPS) is 23.0. The molecule has 2 fully saturated rings. The molecule has 0 radical (unpaired) electrons. The van der Waals surface area contributed by atoms with Gasteiger partial charge in [-0.3, -0.25) is 0 Å². The Morgan fingerprint density at radius 3 is 2.36 bits per heavy atom. The first-order valence-electron chi connectivity index (χ1n) is 14.3. The fraction of sp³-hybridized carbons (Fsp3) is 0.265. The fourth-order valence-electron chi connectivity index (χ4n) is 6.49. The predicted octanol–water partition coefficient (Wildman–Crippen LogP) is 8.22. The van der Waals surface area contributed by atoms with Crippen molar-refractivity contribution in [2.45, 2.75) is 50.4 Å². The molecule has 5 aromatic rings. The Morgan fingerprint density at radius 2 is 1.64 bits per heavy atom. The van der Waals surface area contributed by atoms with E-state index in [9.17, 15) is 4.79 Å². The van der Waals surface area contributed by atoms with Gasteiger partial charge in [0.1, 0.15) is 29.3 Å². The Kier molecular flexibility index (Phi) is 7.41. The lowest BCUT2D eigenvalue weighted by molar-refractivity contribution is -0.165. The van der Waals surface area contributed by atoms with E-state index in [0.29, 0.717) is 22.7 Å². The van der Waals surface area contributed by atoms with Crippen LogP contribution < -0.4 is 0 Å². The van der Waals surface area contributed by atoms with Crippen molar-refractivity contribution < 1.29 is 23.4 Å². The van der Waals surface area contributed by atoms with Crippen molar-refractivity contribution in [1.29, 1.82) is 0 Å². The summed E-state index contributed by atoms with van der Waals surface area (Å²) in [6, 6.07) is 24.1. The van der Waals surface area contributed by atoms with Crippen LogP contribution in [-0.2, 0) is 14.2 Å². The first-order chi connectivity index (χ1) is 21.2. The number of aromatic nitrogens is 3. The standard InChI is InChI=1S/C34H28Cl2FN3O4/c1-34(2)43-29-24(16-26(30(29)44-34)40-17-25(37)27-31(36)38-18-39-32(27)40)28(21-12-14-23(35)15-13-21)42-33(41)22-10-8-20(9-11-22)19-6-4-3-5-7-19/h3-15,17-18,24,26,28-30H,16H2,1-2H3/t24-,26-,28-,29-,30+/m1/s1. The number of benzene rings is 3. The second kappa shape index (κ2) is 11.3. The Hall–Kier alpha value is -3.82. The van der Waals surface area contributed by atoms with Crippen molar-refractivity contribution in [3.05, 3.63) is 119 Å². The Bertz CT molecular complexity index is 1830. The number of nitrogens with zero attached hydrogens (tertiary/aromatic N) is 3. The third-order valence-electron chi connectivity index (χ3n) is 8.40. The Balaban J connectivity index is 1.25. The molecule has 3 heterocycles. The van der Waals surface area contributed by atoms with Crippen LogP contribution in [0.1, 0.15) is 48.3 Å². The average Bonchev–Trinajstić information content (AvgIpc) is 3.65. The maximum absolute atomic E-state index is 15.1. The van der Waals surface area contributed by atoms with Crippen LogP contribution in [0, 0.1) is 11.7 Å². The fourth-order valence-corrected chi connectivity index (χ4v) is 6.83. The third-order valence-corrected chi connectivity index (χ3v) is 8.94. The maximum Gasteiger partial charge on any atom is 0.338 e. The highest BCUT2D eigenvalue weighted by atomic mass is 35.5. The maximum atomic E-state index is 15.1. The van der Waals surface area contributed by atoms with Gasteiger partial charge < -0.3 is 18.8 Å². The van der Waals surface area contributed by atoms with E-state index in [0.717, 1.165) is 16.7 Å². The molecule has 44 heavy (non-hydrogen) atoms. The summed E-state index contributed by atoms with van der Waals surface area (Å²) in [6.45, 7) is 3.68. The molecule has 0 unspecified atom stereocenters. The molecule has 1 aliphatic heterocycles. The minimum absolute atomic E-state index is 0.0347. The van der Waals surface area contributed by atoms with E-state index in [1.54, 1.807) is 28.8 Å². The number of hydrogen-bond donors (Lipinski definition) is 0. The van der Waals surface area contributed by atoms with Crippen LogP contribution in [0.2, 0.25) is 10.2 Å². The smallest absolute Gasteiger partial charge is 0.338 e. The van der Waals surface area contributed by atoms with E-state index < -0.39 is 35.9 Å². The van der Waals surface area contributed by atoms with Gasteiger partial charge in [-0.25, -0.2) is 19.2 Å².